The fraction of sp³-hybridized carbons (Fsp3) is 0.176. The number of nitrogens with one attached hydrogen (secondary N) is 1. The molecule has 0 saturated heterocycles. The van der Waals surface area contributed by atoms with E-state index in [9.17, 15) is 4.79 Å². The molecule has 0 aliphatic carbocycles. The molecular weight excluding hydrogens is 284 g/mol. The molecule has 4 heteroatoms. The summed E-state index contributed by atoms with van der Waals surface area (Å²) in [5, 5.41) is 4.73. The first-order valence-electron chi connectivity index (χ1n) is 6.78. The molecule has 0 fully saturated rings. The van der Waals surface area contributed by atoms with Gasteiger partial charge in [0.2, 0.25) is 0 Å². The van der Waals surface area contributed by atoms with E-state index in [0.717, 1.165) is 18.6 Å². The van der Waals surface area contributed by atoms with Crippen LogP contribution in [-0.4, -0.2) is 11.6 Å². The highest BCUT2D eigenvalue weighted by molar-refractivity contribution is 6.30. The molecule has 0 aromatic heterocycles. The van der Waals surface area contributed by atoms with Gasteiger partial charge in [-0.2, -0.15) is 5.10 Å². The second-order valence-electron chi connectivity index (χ2n) is 4.78. The summed E-state index contributed by atoms with van der Waals surface area (Å²) in [6.45, 7) is 1.91. The van der Waals surface area contributed by atoms with E-state index in [1.807, 2.05) is 25.1 Å². The van der Waals surface area contributed by atoms with Crippen LogP contribution in [0.3, 0.4) is 0 Å². The molecule has 0 bridgehead atoms. The first-order chi connectivity index (χ1) is 10.1. The van der Waals surface area contributed by atoms with Crippen molar-refractivity contribution in [1.82, 2.24) is 5.43 Å². The number of rotatable bonds is 5. The molecule has 0 atom stereocenters. The Morgan fingerprint density at radius 3 is 2.43 bits per heavy atom. The normalized spacial score (nSPS) is 11.2. The predicted octanol–water partition coefficient (Wildman–Crippen LogP) is 4.08. The third-order valence-corrected chi connectivity index (χ3v) is 3.32. The van der Waals surface area contributed by atoms with Gasteiger partial charge in [0.15, 0.2) is 0 Å². The van der Waals surface area contributed by atoms with Crippen LogP contribution < -0.4 is 5.43 Å². The minimum absolute atomic E-state index is 0.231. The molecule has 0 unspecified atom stereocenters. The van der Waals surface area contributed by atoms with Crippen LogP contribution in [0.5, 0.6) is 0 Å². The van der Waals surface area contributed by atoms with E-state index in [1.54, 1.807) is 24.3 Å². The number of halogens is 1. The molecule has 21 heavy (non-hydrogen) atoms. The molecule has 0 aliphatic rings. The van der Waals surface area contributed by atoms with Crippen LogP contribution in [0.1, 0.15) is 29.3 Å². The Labute approximate surface area is 129 Å². The molecule has 0 saturated carbocycles. The molecule has 1 amide bonds. The van der Waals surface area contributed by atoms with Crippen molar-refractivity contribution in [1.29, 1.82) is 0 Å². The van der Waals surface area contributed by atoms with Crippen molar-refractivity contribution in [2.24, 2.45) is 5.10 Å². The quantitative estimate of drug-likeness (QED) is 0.656. The van der Waals surface area contributed by atoms with Crippen LogP contribution in [0.2, 0.25) is 5.02 Å². The highest BCUT2D eigenvalue weighted by Crippen LogP contribution is 2.09. The van der Waals surface area contributed by atoms with Gasteiger partial charge in [-0.05, 0) is 49.6 Å². The van der Waals surface area contributed by atoms with E-state index in [1.165, 1.54) is 5.56 Å². The van der Waals surface area contributed by atoms with Gasteiger partial charge >= 0.3 is 0 Å². The molecule has 0 heterocycles. The van der Waals surface area contributed by atoms with E-state index in [2.05, 4.69) is 22.7 Å². The molecule has 108 valence electrons. The summed E-state index contributed by atoms with van der Waals surface area (Å²) >= 11 is 5.78. The Morgan fingerprint density at radius 1 is 1.10 bits per heavy atom. The van der Waals surface area contributed by atoms with Gasteiger partial charge < -0.3 is 0 Å². The van der Waals surface area contributed by atoms with Gasteiger partial charge in [0.05, 0.1) is 0 Å². The molecule has 2 aromatic carbocycles. The lowest BCUT2D eigenvalue weighted by Crippen LogP contribution is -2.19. The Morgan fingerprint density at radius 2 is 1.76 bits per heavy atom. The zero-order valence-corrected chi connectivity index (χ0v) is 12.6. The van der Waals surface area contributed by atoms with E-state index in [-0.39, 0.29) is 5.91 Å². The molecule has 2 aromatic rings. The average Bonchev–Trinajstić information content (AvgIpc) is 2.52. The van der Waals surface area contributed by atoms with Crippen molar-refractivity contribution < 1.29 is 4.79 Å². The summed E-state index contributed by atoms with van der Waals surface area (Å²) in [5.41, 5.74) is 5.25. The monoisotopic (exact) mass is 300 g/mol. The topological polar surface area (TPSA) is 41.5 Å². The van der Waals surface area contributed by atoms with Gasteiger partial charge in [-0.15, -0.1) is 0 Å². The summed E-state index contributed by atoms with van der Waals surface area (Å²) in [5.74, 6) is -0.231. The standard InChI is InChI=1S/C17H17ClN2O/c1-13(7-8-14-5-3-2-4-6-14)19-20-17(21)15-9-11-16(18)12-10-15/h2-6,9-12H,7-8H2,1H3,(H,20,21)/b19-13-. The molecule has 3 nitrogen and oxygen atoms in total. The van der Waals surface area contributed by atoms with E-state index in [0.29, 0.717) is 10.6 Å². The van der Waals surface area contributed by atoms with Crippen molar-refractivity contribution >= 4 is 23.2 Å². The van der Waals surface area contributed by atoms with Crippen molar-refractivity contribution in [3.63, 3.8) is 0 Å². The number of benzene rings is 2. The fourth-order valence-electron chi connectivity index (χ4n) is 1.84. The lowest BCUT2D eigenvalue weighted by molar-refractivity contribution is 0.0954. The zero-order chi connectivity index (χ0) is 15.1. The Kier molecular flexibility index (Phi) is 5.52. The minimum Gasteiger partial charge on any atom is -0.267 e. The van der Waals surface area contributed by atoms with E-state index in [4.69, 9.17) is 11.6 Å². The number of aryl methyl sites for hydroxylation is 1. The minimum atomic E-state index is -0.231. The smallest absolute Gasteiger partial charge is 0.267 e. The molecule has 0 radical (unpaired) electrons. The van der Waals surface area contributed by atoms with Crippen molar-refractivity contribution in [2.75, 3.05) is 0 Å². The maximum atomic E-state index is 11.9. The number of hydrogen-bond donors (Lipinski definition) is 1. The SMILES string of the molecule is C/C(CCc1ccccc1)=N/NC(=O)c1ccc(Cl)cc1. The second kappa shape index (κ2) is 7.60. The van der Waals surface area contributed by atoms with Gasteiger partial charge in [0, 0.05) is 16.3 Å². The summed E-state index contributed by atoms with van der Waals surface area (Å²) in [6.07, 6.45) is 1.72. The predicted molar refractivity (Wildman–Crippen MR) is 86.8 cm³/mol. The molecule has 0 spiro atoms. The van der Waals surface area contributed by atoms with Crippen LogP contribution in [0.15, 0.2) is 59.7 Å². The number of carbonyl (C=O) groups excluding carboxylic acids is 1. The van der Waals surface area contributed by atoms with Crippen LogP contribution in [0.4, 0.5) is 0 Å². The maximum absolute atomic E-state index is 11.9. The van der Waals surface area contributed by atoms with Gasteiger partial charge in [-0.25, -0.2) is 5.43 Å². The molecule has 1 N–H and O–H groups in total. The van der Waals surface area contributed by atoms with E-state index < -0.39 is 0 Å². The molecular formula is C17H17ClN2O. The second-order valence-corrected chi connectivity index (χ2v) is 5.22. The third kappa shape index (κ3) is 5.04. The molecule has 2 rings (SSSR count). The highest BCUT2D eigenvalue weighted by Gasteiger charge is 2.04. The van der Waals surface area contributed by atoms with Crippen LogP contribution >= 0.6 is 11.6 Å². The summed E-state index contributed by atoms with van der Waals surface area (Å²) in [7, 11) is 0. The van der Waals surface area contributed by atoms with Gasteiger partial charge in [0.25, 0.3) is 5.91 Å². The average molecular weight is 301 g/mol. The van der Waals surface area contributed by atoms with Crippen LogP contribution in [-0.2, 0) is 6.42 Å². The van der Waals surface area contributed by atoms with Gasteiger partial charge in [0.1, 0.15) is 0 Å². The first-order valence-corrected chi connectivity index (χ1v) is 7.16. The number of carbonyl (C=O) groups is 1. The van der Waals surface area contributed by atoms with Crippen molar-refractivity contribution in [2.45, 2.75) is 19.8 Å². The lowest BCUT2D eigenvalue weighted by atomic mass is 10.1. The fourth-order valence-corrected chi connectivity index (χ4v) is 1.96. The highest BCUT2D eigenvalue weighted by atomic mass is 35.5. The first kappa shape index (κ1) is 15.3. The van der Waals surface area contributed by atoms with Crippen molar-refractivity contribution in [3.05, 3.63) is 70.7 Å². The lowest BCUT2D eigenvalue weighted by Gasteiger charge is -2.03. The molecule has 0 aliphatic heterocycles. The summed E-state index contributed by atoms with van der Waals surface area (Å²) in [4.78, 5) is 11.9. The van der Waals surface area contributed by atoms with Gasteiger partial charge in [-0.3, -0.25) is 4.79 Å². The van der Waals surface area contributed by atoms with Crippen LogP contribution in [0, 0.1) is 0 Å². The Hall–Kier alpha value is -2.13. The number of amides is 1. The number of hydrogen-bond acceptors (Lipinski definition) is 2. The van der Waals surface area contributed by atoms with Crippen molar-refractivity contribution in [3.8, 4) is 0 Å². The third-order valence-electron chi connectivity index (χ3n) is 3.07. The largest absolute Gasteiger partial charge is 0.271 e. The van der Waals surface area contributed by atoms with E-state index >= 15 is 0 Å². The maximum Gasteiger partial charge on any atom is 0.271 e. The van der Waals surface area contributed by atoms with Crippen LogP contribution in [0.25, 0.3) is 0 Å². The number of hydrazone groups is 1. The summed E-state index contributed by atoms with van der Waals surface area (Å²) < 4.78 is 0. The Bertz CT molecular complexity index is 621. The Balaban J connectivity index is 1.85. The van der Waals surface area contributed by atoms with Gasteiger partial charge in [-0.1, -0.05) is 41.9 Å². The number of nitrogens with zero attached hydrogens (tertiary/aromatic N) is 1. The summed E-state index contributed by atoms with van der Waals surface area (Å²) in [6, 6.07) is 16.9. The zero-order valence-electron chi connectivity index (χ0n) is 11.8.